The lowest BCUT2D eigenvalue weighted by molar-refractivity contribution is 0.0793. The van der Waals surface area contributed by atoms with Gasteiger partial charge in [-0.2, -0.15) is 0 Å². The van der Waals surface area contributed by atoms with Crippen LogP contribution in [-0.2, 0) is 0 Å². The first-order valence-corrected chi connectivity index (χ1v) is 8.89. The van der Waals surface area contributed by atoms with E-state index >= 15 is 0 Å². The van der Waals surface area contributed by atoms with Gasteiger partial charge in [0.1, 0.15) is 11.5 Å². The van der Waals surface area contributed by atoms with Gasteiger partial charge in [0.15, 0.2) is 0 Å². The smallest absolute Gasteiger partial charge is 0.255 e. The van der Waals surface area contributed by atoms with E-state index in [2.05, 4.69) is 12.2 Å². The molecule has 6 nitrogen and oxygen atoms in total. The summed E-state index contributed by atoms with van der Waals surface area (Å²) in [5, 5.41) is 2.81. The second-order valence-electron chi connectivity index (χ2n) is 6.18. The lowest BCUT2D eigenvalue weighted by Gasteiger charge is -2.17. The summed E-state index contributed by atoms with van der Waals surface area (Å²) in [6.45, 7) is 2.77. The lowest BCUT2D eigenvalue weighted by atomic mass is 10.1. The number of unbranched alkanes of at least 4 members (excludes halogenated alkanes) is 1. The van der Waals surface area contributed by atoms with Crippen molar-refractivity contribution in [1.82, 2.24) is 4.90 Å². The van der Waals surface area contributed by atoms with E-state index < -0.39 is 0 Å². The van der Waals surface area contributed by atoms with Crippen molar-refractivity contribution >= 4 is 17.5 Å². The summed E-state index contributed by atoms with van der Waals surface area (Å²) in [7, 11) is 4.86. The van der Waals surface area contributed by atoms with Crippen LogP contribution in [0.4, 0.5) is 5.69 Å². The van der Waals surface area contributed by atoms with Crippen LogP contribution in [-0.4, -0.2) is 44.5 Å². The van der Waals surface area contributed by atoms with Gasteiger partial charge in [-0.15, -0.1) is 0 Å². The van der Waals surface area contributed by atoms with Crippen molar-refractivity contribution in [2.75, 3.05) is 33.1 Å². The van der Waals surface area contributed by atoms with Crippen LogP contribution in [0.3, 0.4) is 0 Å². The monoisotopic (exact) mass is 370 g/mol. The molecule has 2 rings (SSSR count). The highest BCUT2D eigenvalue weighted by Crippen LogP contribution is 2.29. The Morgan fingerprint density at radius 2 is 1.78 bits per heavy atom. The fourth-order valence-corrected chi connectivity index (χ4v) is 2.61. The van der Waals surface area contributed by atoms with E-state index in [9.17, 15) is 9.59 Å². The third-order valence-electron chi connectivity index (χ3n) is 4.22. The number of ether oxygens (including phenoxy) is 2. The van der Waals surface area contributed by atoms with E-state index in [1.54, 1.807) is 61.5 Å². The highest BCUT2D eigenvalue weighted by atomic mass is 16.5. The molecule has 144 valence electrons. The van der Waals surface area contributed by atoms with E-state index in [0.717, 1.165) is 12.8 Å². The van der Waals surface area contributed by atoms with Gasteiger partial charge in [-0.25, -0.2) is 0 Å². The molecule has 0 heterocycles. The minimum absolute atomic E-state index is 0.0971. The second-order valence-corrected chi connectivity index (χ2v) is 6.18. The molecule has 2 aromatic carbocycles. The van der Waals surface area contributed by atoms with Crippen LogP contribution in [0.15, 0.2) is 42.5 Å². The molecule has 0 unspecified atom stereocenters. The van der Waals surface area contributed by atoms with Crippen molar-refractivity contribution in [3.8, 4) is 11.5 Å². The van der Waals surface area contributed by atoms with E-state index in [0.29, 0.717) is 34.9 Å². The van der Waals surface area contributed by atoms with Gasteiger partial charge in [0.25, 0.3) is 11.8 Å². The van der Waals surface area contributed by atoms with Crippen molar-refractivity contribution in [3.05, 3.63) is 53.6 Å². The molecule has 27 heavy (non-hydrogen) atoms. The molecule has 0 radical (unpaired) electrons. The minimum Gasteiger partial charge on any atom is -0.497 e. The first-order chi connectivity index (χ1) is 13.0. The zero-order chi connectivity index (χ0) is 19.8. The molecule has 2 aromatic rings. The largest absolute Gasteiger partial charge is 0.497 e. The van der Waals surface area contributed by atoms with Crippen molar-refractivity contribution in [2.24, 2.45) is 0 Å². The maximum atomic E-state index is 12.6. The number of anilines is 1. The molecular formula is C21H26N2O4. The highest BCUT2D eigenvalue weighted by Gasteiger charge is 2.15. The summed E-state index contributed by atoms with van der Waals surface area (Å²) < 4.78 is 10.5. The fourth-order valence-electron chi connectivity index (χ4n) is 2.61. The van der Waals surface area contributed by atoms with Crippen molar-refractivity contribution < 1.29 is 19.1 Å². The summed E-state index contributed by atoms with van der Waals surface area (Å²) in [6, 6.07) is 11.9. The summed E-state index contributed by atoms with van der Waals surface area (Å²) in [5.41, 5.74) is 1.42. The van der Waals surface area contributed by atoms with E-state index in [-0.39, 0.29) is 11.8 Å². The molecule has 0 aliphatic rings. The highest BCUT2D eigenvalue weighted by molar-refractivity contribution is 6.06. The van der Waals surface area contributed by atoms with Crippen LogP contribution in [0.1, 0.15) is 40.5 Å². The standard InChI is InChI=1S/C21H26N2O4/c1-5-6-12-23(2)21(25)16-9-7-8-15(13-16)20(24)22-18-11-10-17(26-3)14-19(18)27-4/h7-11,13-14H,5-6,12H2,1-4H3,(H,22,24). The Labute approximate surface area is 160 Å². The molecule has 0 spiro atoms. The number of amides is 2. The average molecular weight is 370 g/mol. The summed E-state index contributed by atoms with van der Waals surface area (Å²) in [6.07, 6.45) is 1.96. The van der Waals surface area contributed by atoms with E-state index in [4.69, 9.17) is 9.47 Å². The fraction of sp³-hybridized carbons (Fsp3) is 0.333. The molecule has 0 bridgehead atoms. The van der Waals surface area contributed by atoms with Gasteiger partial charge in [-0.1, -0.05) is 19.4 Å². The molecule has 0 fully saturated rings. The van der Waals surface area contributed by atoms with Crippen LogP contribution in [0.5, 0.6) is 11.5 Å². The summed E-state index contributed by atoms with van der Waals surface area (Å²) in [5.74, 6) is 0.714. The normalized spacial score (nSPS) is 10.2. The molecule has 0 atom stereocenters. The maximum Gasteiger partial charge on any atom is 0.255 e. The Morgan fingerprint density at radius 3 is 2.44 bits per heavy atom. The molecule has 0 saturated heterocycles. The molecule has 1 N–H and O–H groups in total. The van der Waals surface area contributed by atoms with Gasteiger partial charge in [0.2, 0.25) is 0 Å². The van der Waals surface area contributed by atoms with Crippen LogP contribution < -0.4 is 14.8 Å². The number of rotatable bonds is 8. The molecular weight excluding hydrogens is 344 g/mol. The molecule has 0 saturated carbocycles. The number of hydrogen-bond acceptors (Lipinski definition) is 4. The summed E-state index contributed by atoms with van der Waals surface area (Å²) in [4.78, 5) is 26.8. The van der Waals surface area contributed by atoms with Gasteiger partial charge in [-0.05, 0) is 36.8 Å². The summed E-state index contributed by atoms with van der Waals surface area (Å²) >= 11 is 0. The Kier molecular flexibility index (Phi) is 7.23. The Hall–Kier alpha value is -3.02. The van der Waals surface area contributed by atoms with Gasteiger partial charge in [0, 0.05) is 30.8 Å². The third-order valence-corrected chi connectivity index (χ3v) is 4.22. The van der Waals surface area contributed by atoms with Gasteiger partial charge < -0.3 is 19.7 Å². The van der Waals surface area contributed by atoms with Crippen LogP contribution >= 0.6 is 0 Å². The first kappa shape index (κ1) is 20.3. The number of nitrogens with zero attached hydrogens (tertiary/aromatic N) is 1. The van der Waals surface area contributed by atoms with Crippen LogP contribution in [0, 0.1) is 0 Å². The molecule has 0 aromatic heterocycles. The van der Waals surface area contributed by atoms with Crippen molar-refractivity contribution in [3.63, 3.8) is 0 Å². The predicted molar refractivity (Wildman–Crippen MR) is 106 cm³/mol. The Balaban J connectivity index is 2.17. The van der Waals surface area contributed by atoms with Crippen molar-refractivity contribution in [1.29, 1.82) is 0 Å². The Bertz CT molecular complexity index is 805. The number of hydrogen-bond donors (Lipinski definition) is 1. The number of carbonyl (C=O) groups excluding carboxylic acids is 2. The third kappa shape index (κ3) is 5.23. The molecule has 0 aliphatic carbocycles. The molecule has 6 heteroatoms. The zero-order valence-electron chi connectivity index (χ0n) is 16.2. The molecule has 2 amide bonds. The van der Waals surface area contributed by atoms with Crippen LogP contribution in [0.25, 0.3) is 0 Å². The van der Waals surface area contributed by atoms with Crippen LogP contribution in [0.2, 0.25) is 0 Å². The van der Waals surface area contributed by atoms with Crippen molar-refractivity contribution in [2.45, 2.75) is 19.8 Å². The quantitative estimate of drug-likeness (QED) is 0.767. The average Bonchev–Trinajstić information content (AvgIpc) is 2.71. The van der Waals surface area contributed by atoms with E-state index in [1.807, 2.05) is 0 Å². The SMILES string of the molecule is CCCCN(C)C(=O)c1cccc(C(=O)Nc2ccc(OC)cc2OC)c1. The lowest BCUT2D eigenvalue weighted by Crippen LogP contribution is -2.28. The van der Waals surface area contributed by atoms with E-state index in [1.165, 1.54) is 7.11 Å². The second kappa shape index (κ2) is 9.62. The first-order valence-electron chi connectivity index (χ1n) is 8.89. The topological polar surface area (TPSA) is 67.9 Å². The van der Waals surface area contributed by atoms with Gasteiger partial charge in [-0.3, -0.25) is 9.59 Å². The van der Waals surface area contributed by atoms with Gasteiger partial charge in [0.05, 0.1) is 19.9 Å². The predicted octanol–water partition coefficient (Wildman–Crippen LogP) is 3.83. The number of methoxy groups -OCH3 is 2. The zero-order valence-corrected chi connectivity index (χ0v) is 16.2. The number of carbonyl (C=O) groups is 2. The molecule has 0 aliphatic heterocycles. The Morgan fingerprint density at radius 1 is 1.04 bits per heavy atom. The number of nitrogens with one attached hydrogen (secondary N) is 1. The maximum absolute atomic E-state index is 12.6. The van der Waals surface area contributed by atoms with Gasteiger partial charge >= 0.3 is 0 Å². The number of benzene rings is 2. The minimum atomic E-state index is -0.315.